The lowest BCUT2D eigenvalue weighted by Gasteiger charge is -2.10. The van der Waals surface area contributed by atoms with Crippen molar-refractivity contribution in [3.05, 3.63) is 66.0 Å². The summed E-state index contributed by atoms with van der Waals surface area (Å²) in [6.45, 7) is 4.28. The molecule has 0 aliphatic carbocycles. The maximum absolute atomic E-state index is 11.3. The number of carbonyl (C=O) groups excluding carboxylic acids is 1. The van der Waals surface area contributed by atoms with Crippen molar-refractivity contribution in [2.45, 2.75) is 20.3 Å². The second-order valence-electron chi connectivity index (χ2n) is 4.50. The van der Waals surface area contributed by atoms with E-state index >= 15 is 0 Å². The molecule has 0 bridgehead atoms. The molecule has 0 aliphatic rings. The van der Waals surface area contributed by atoms with Crippen LogP contribution >= 0.6 is 0 Å². The number of aryl methyl sites for hydroxylation is 1. The maximum atomic E-state index is 11.3. The summed E-state index contributed by atoms with van der Waals surface area (Å²) in [6, 6.07) is 14.4. The summed E-state index contributed by atoms with van der Waals surface area (Å²) in [4.78, 5) is 11.3. The molecule has 1 heterocycles. The molecule has 0 aliphatic heterocycles. The molecule has 0 atom stereocenters. The minimum absolute atomic E-state index is 0.290. The number of ether oxygens (including phenoxy) is 1. The Morgan fingerprint density at radius 2 is 1.95 bits per heavy atom. The first-order chi connectivity index (χ1) is 9.72. The highest BCUT2D eigenvalue weighted by Gasteiger charge is 2.05. The summed E-state index contributed by atoms with van der Waals surface area (Å²) in [5, 5.41) is 0. The molecule has 0 fully saturated rings. The van der Waals surface area contributed by atoms with E-state index in [4.69, 9.17) is 4.74 Å². The van der Waals surface area contributed by atoms with Crippen molar-refractivity contribution in [2.75, 3.05) is 6.61 Å². The molecule has 0 amide bonds. The van der Waals surface area contributed by atoms with Crippen molar-refractivity contribution in [1.82, 2.24) is 4.57 Å². The Kier molecular flexibility index (Phi) is 4.77. The Morgan fingerprint density at radius 3 is 2.65 bits per heavy atom. The Morgan fingerprint density at radius 1 is 1.20 bits per heavy atom. The molecule has 104 valence electrons. The number of para-hydroxylation sites is 1. The Bertz CT molecular complexity index is 597. The largest absolute Gasteiger partial charge is 0.463 e. The molecule has 2 aromatic rings. The first kappa shape index (κ1) is 14.1. The lowest BCUT2D eigenvalue weighted by molar-refractivity contribution is -0.137. The zero-order chi connectivity index (χ0) is 14.4. The van der Waals surface area contributed by atoms with Crippen molar-refractivity contribution in [3.8, 4) is 5.69 Å². The molecule has 2 rings (SSSR count). The van der Waals surface area contributed by atoms with E-state index in [-0.39, 0.29) is 5.97 Å². The number of hydrogen-bond acceptors (Lipinski definition) is 2. The van der Waals surface area contributed by atoms with Gasteiger partial charge in [-0.1, -0.05) is 24.3 Å². The third-order valence-corrected chi connectivity index (χ3v) is 3.04. The van der Waals surface area contributed by atoms with Crippen molar-refractivity contribution in [3.63, 3.8) is 0 Å². The predicted octanol–water partition coefficient (Wildman–Crippen LogP) is 3.45. The van der Waals surface area contributed by atoms with Crippen LogP contribution in [0.25, 0.3) is 5.69 Å². The van der Waals surface area contributed by atoms with E-state index in [0.717, 1.165) is 11.4 Å². The zero-order valence-corrected chi connectivity index (χ0v) is 11.9. The third-order valence-electron chi connectivity index (χ3n) is 3.04. The summed E-state index contributed by atoms with van der Waals surface area (Å²) < 4.78 is 7.06. The lowest BCUT2D eigenvalue weighted by atomic mass is 10.2. The van der Waals surface area contributed by atoms with Gasteiger partial charge in [0.15, 0.2) is 0 Å². The topological polar surface area (TPSA) is 31.2 Å². The number of esters is 1. The molecule has 20 heavy (non-hydrogen) atoms. The standard InChI is InChI=1S/C17H19NO2/c1-3-20-17(19)11-7-10-16-13-12-14(2)18(16)15-8-5-4-6-9-15/h4-9,11-13H,3,10H2,1-2H3. The SMILES string of the molecule is CCOC(=O)C=CCc1ccc(C)n1-c1ccccc1. The van der Waals surface area contributed by atoms with E-state index in [9.17, 15) is 4.79 Å². The van der Waals surface area contributed by atoms with Crippen molar-refractivity contribution in [2.24, 2.45) is 0 Å². The van der Waals surface area contributed by atoms with E-state index < -0.39 is 0 Å². The molecule has 1 aromatic carbocycles. The summed E-state index contributed by atoms with van der Waals surface area (Å²) in [5.41, 5.74) is 3.46. The molecule has 0 saturated heterocycles. The third kappa shape index (κ3) is 3.38. The van der Waals surface area contributed by atoms with Gasteiger partial charge in [-0.15, -0.1) is 0 Å². The van der Waals surface area contributed by atoms with Crippen LogP contribution in [0.2, 0.25) is 0 Å². The molecule has 3 nitrogen and oxygen atoms in total. The highest BCUT2D eigenvalue weighted by atomic mass is 16.5. The van der Waals surface area contributed by atoms with Crippen LogP contribution in [0.3, 0.4) is 0 Å². The number of nitrogens with zero attached hydrogens (tertiary/aromatic N) is 1. The number of benzene rings is 1. The van der Waals surface area contributed by atoms with Crippen LogP contribution in [-0.4, -0.2) is 17.1 Å². The summed E-state index contributed by atoms with van der Waals surface area (Å²) in [6.07, 6.45) is 4.02. The maximum Gasteiger partial charge on any atom is 0.330 e. The lowest BCUT2D eigenvalue weighted by Crippen LogP contribution is -2.02. The molecule has 0 radical (unpaired) electrons. The van der Waals surface area contributed by atoms with Crippen LogP contribution < -0.4 is 0 Å². The minimum atomic E-state index is -0.290. The molecule has 0 saturated carbocycles. The number of rotatable bonds is 5. The van der Waals surface area contributed by atoms with Crippen LogP contribution in [0.5, 0.6) is 0 Å². The molecule has 0 spiro atoms. The summed E-state index contributed by atoms with van der Waals surface area (Å²) in [7, 11) is 0. The van der Waals surface area contributed by atoms with Crippen LogP contribution in [-0.2, 0) is 16.0 Å². The molecule has 0 N–H and O–H groups in total. The smallest absolute Gasteiger partial charge is 0.330 e. The van der Waals surface area contributed by atoms with Gasteiger partial charge < -0.3 is 9.30 Å². The average Bonchev–Trinajstić information content (AvgIpc) is 2.81. The van der Waals surface area contributed by atoms with Gasteiger partial charge in [0.05, 0.1) is 6.61 Å². The van der Waals surface area contributed by atoms with E-state index in [2.05, 4.69) is 35.8 Å². The van der Waals surface area contributed by atoms with Gasteiger partial charge in [-0.3, -0.25) is 0 Å². The van der Waals surface area contributed by atoms with E-state index in [1.807, 2.05) is 24.3 Å². The molecule has 0 unspecified atom stereocenters. The van der Waals surface area contributed by atoms with Crippen molar-refractivity contribution < 1.29 is 9.53 Å². The quantitative estimate of drug-likeness (QED) is 0.615. The summed E-state index contributed by atoms with van der Waals surface area (Å²) in [5.74, 6) is -0.290. The second kappa shape index (κ2) is 6.75. The zero-order valence-electron chi connectivity index (χ0n) is 11.9. The van der Waals surface area contributed by atoms with E-state index in [0.29, 0.717) is 13.0 Å². The van der Waals surface area contributed by atoms with Gasteiger partial charge in [0, 0.05) is 29.6 Å². The van der Waals surface area contributed by atoms with Gasteiger partial charge in [-0.2, -0.15) is 0 Å². The first-order valence-electron chi connectivity index (χ1n) is 6.78. The first-order valence-corrected chi connectivity index (χ1v) is 6.78. The van der Waals surface area contributed by atoms with Crippen LogP contribution in [0.4, 0.5) is 0 Å². The Balaban J connectivity index is 2.16. The van der Waals surface area contributed by atoms with Gasteiger partial charge >= 0.3 is 5.97 Å². The number of allylic oxidation sites excluding steroid dienone is 1. The van der Waals surface area contributed by atoms with Gasteiger partial charge in [-0.25, -0.2) is 4.79 Å². The van der Waals surface area contributed by atoms with Gasteiger partial charge in [0.2, 0.25) is 0 Å². The van der Waals surface area contributed by atoms with E-state index in [1.165, 1.54) is 11.8 Å². The van der Waals surface area contributed by atoms with Crippen LogP contribution in [0.1, 0.15) is 18.3 Å². The second-order valence-corrected chi connectivity index (χ2v) is 4.50. The highest BCUT2D eigenvalue weighted by Crippen LogP contribution is 2.17. The molecule has 1 aromatic heterocycles. The molecular weight excluding hydrogens is 250 g/mol. The highest BCUT2D eigenvalue weighted by molar-refractivity contribution is 5.81. The van der Waals surface area contributed by atoms with Gasteiger partial charge in [0.25, 0.3) is 0 Å². The van der Waals surface area contributed by atoms with Crippen molar-refractivity contribution in [1.29, 1.82) is 0 Å². The fourth-order valence-corrected chi connectivity index (χ4v) is 2.16. The fraction of sp³-hybridized carbons (Fsp3) is 0.235. The van der Waals surface area contributed by atoms with Crippen molar-refractivity contribution >= 4 is 5.97 Å². The summed E-state index contributed by atoms with van der Waals surface area (Å²) >= 11 is 0. The fourth-order valence-electron chi connectivity index (χ4n) is 2.16. The number of carbonyl (C=O) groups is 1. The minimum Gasteiger partial charge on any atom is -0.463 e. The molecule has 3 heteroatoms. The van der Waals surface area contributed by atoms with Gasteiger partial charge in [-0.05, 0) is 38.1 Å². The monoisotopic (exact) mass is 269 g/mol. The Labute approximate surface area is 119 Å². The average molecular weight is 269 g/mol. The predicted molar refractivity (Wildman–Crippen MR) is 80.0 cm³/mol. The van der Waals surface area contributed by atoms with Gasteiger partial charge in [0.1, 0.15) is 0 Å². The van der Waals surface area contributed by atoms with E-state index in [1.54, 1.807) is 6.92 Å². The van der Waals surface area contributed by atoms with Crippen LogP contribution in [0, 0.1) is 6.92 Å². The normalized spacial score (nSPS) is 10.9. The van der Waals surface area contributed by atoms with Crippen LogP contribution in [0.15, 0.2) is 54.6 Å². The molecular formula is C17H19NO2. The Hall–Kier alpha value is -2.29. The number of hydrogen-bond donors (Lipinski definition) is 0. The number of aromatic nitrogens is 1.